The molecule has 0 saturated carbocycles. The molecule has 0 spiro atoms. The molecule has 0 N–H and O–H groups in total. The maximum Gasteiger partial charge on any atom is 0.345 e. The van der Waals surface area contributed by atoms with Gasteiger partial charge in [0.05, 0.1) is 17.1 Å². The van der Waals surface area contributed by atoms with Gasteiger partial charge in [0, 0.05) is 10.7 Å². The minimum atomic E-state index is -2.37. The van der Waals surface area contributed by atoms with Crippen molar-refractivity contribution in [2.45, 2.75) is 0 Å². The molecule has 11 heteroatoms. The maximum atomic E-state index is 13.8. The Hall–Kier alpha value is -0.710. The zero-order valence-electron chi connectivity index (χ0n) is 11.4. The van der Waals surface area contributed by atoms with Crippen molar-refractivity contribution in [3.63, 3.8) is 0 Å². The summed E-state index contributed by atoms with van der Waals surface area (Å²) in [6, 6.07) is 3.14. The summed E-state index contributed by atoms with van der Waals surface area (Å²) < 4.78 is 60.1. The summed E-state index contributed by atoms with van der Waals surface area (Å²) in [5, 5.41) is 11.0. The predicted octanol–water partition coefficient (Wildman–Crippen LogP) is 3.64. The lowest BCUT2D eigenvalue weighted by Gasteiger charge is -2.15. The van der Waals surface area contributed by atoms with Crippen LogP contribution in [0.4, 0.5) is 17.6 Å². The van der Waals surface area contributed by atoms with Crippen LogP contribution < -0.4 is 9.84 Å². The van der Waals surface area contributed by atoms with E-state index in [4.69, 9.17) is 0 Å². The number of ether oxygens (including phenoxy) is 1. The first-order valence-electron chi connectivity index (χ1n) is 6.00. The van der Waals surface area contributed by atoms with Gasteiger partial charge in [0.25, 0.3) is 0 Å². The largest absolute Gasteiger partial charge is 0.545 e. The van der Waals surface area contributed by atoms with Crippen LogP contribution in [-0.4, -0.2) is 11.9 Å². The van der Waals surface area contributed by atoms with E-state index in [1.54, 1.807) is 57.3 Å². The zero-order chi connectivity index (χ0) is 19.0. The summed E-state index contributed by atoms with van der Waals surface area (Å²) in [5.41, 5.74) is -1.80. The minimum Gasteiger partial charge on any atom is -0.545 e. The number of halogens is 7. The van der Waals surface area contributed by atoms with Crippen LogP contribution in [0.25, 0.3) is 0 Å². The fraction of sp³-hybridized carbons (Fsp3) is 0. The first-order valence-corrected chi connectivity index (χ1v) is 9.23. The third-order valence-corrected chi connectivity index (χ3v) is 5.16. The second-order valence-electron chi connectivity index (χ2n) is 4.38. The van der Waals surface area contributed by atoms with Crippen LogP contribution in [0, 0.1) is 34.0 Å². The number of esters is 1. The molecule has 0 atom stereocenters. The lowest BCUT2D eigenvalue weighted by atomic mass is 10.1. The number of hydrogen-bond donors (Lipinski definition) is 0. The van der Waals surface area contributed by atoms with Gasteiger partial charge in [-0.3, -0.25) is 0 Å². The molecule has 0 heterocycles. The van der Waals surface area contributed by atoms with Crippen molar-refractivity contribution in [3.8, 4) is 5.75 Å². The van der Waals surface area contributed by atoms with Crippen molar-refractivity contribution in [1.82, 2.24) is 0 Å². The van der Waals surface area contributed by atoms with Gasteiger partial charge in [-0.05, 0) is 79.9 Å². The fourth-order valence-corrected chi connectivity index (χ4v) is 5.79. The van der Waals surface area contributed by atoms with Crippen LogP contribution in [0.1, 0.15) is 20.7 Å². The van der Waals surface area contributed by atoms with Gasteiger partial charge in [-0.1, -0.05) is 0 Å². The van der Waals surface area contributed by atoms with Crippen LogP contribution in [0.2, 0.25) is 0 Å². The van der Waals surface area contributed by atoms with Gasteiger partial charge in [0.1, 0.15) is 0 Å². The van der Waals surface area contributed by atoms with Gasteiger partial charge in [-0.2, -0.15) is 4.39 Å². The Bertz CT molecular complexity index is 895. The van der Waals surface area contributed by atoms with Crippen LogP contribution in [0.15, 0.2) is 12.1 Å². The highest BCUT2D eigenvalue weighted by atomic mass is 127. The van der Waals surface area contributed by atoms with E-state index in [1.807, 2.05) is 22.6 Å². The van der Waals surface area contributed by atoms with Crippen LogP contribution in [0.5, 0.6) is 5.75 Å². The second kappa shape index (κ2) is 7.89. The van der Waals surface area contributed by atoms with Crippen LogP contribution in [-0.2, 0) is 0 Å². The predicted molar refractivity (Wildman–Crippen MR) is 100 cm³/mol. The summed E-state index contributed by atoms with van der Waals surface area (Å²) in [7, 11) is 0. The molecule has 2 aromatic carbocycles. The highest BCUT2D eigenvalue weighted by molar-refractivity contribution is 14.1. The fourth-order valence-electron chi connectivity index (χ4n) is 1.77. The van der Waals surface area contributed by atoms with Crippen molar-refractivity contribution >= 4 is 79.7 Å². The summed E-state index contributed by atoms with van der Waals surface area (Å²) >= 11 is 5.53. The Balaban J connectivity index is 2.62. The molecule has 4 nitrogen and oxygen atoms in total. The number of carbonyl (C=O) groups excluding carboxylic acids is 2. The van der Waals surface area contributed by atoms with E-state index in [0.29, 0.717) is 7.14 Å². The average molecular weight is 691 g/mol. The lowest BCUT2D eigenvalue weighted by Crippen LogP contribution is -2.27. The van der Waals surface area contributed by atoms with Crippen molar-refractivity contribution in [2.24, 2.45) is 0 Å². The Labute approximate surface area is 178 Å². The monoisotopic (exact) mass is 691 g/mol. The number of aromatic carboxylic acids is 1. The molecule has 0 amide bonds. The number of carboxylic acids is 1. The smallest absolute Gasteiger partial charge is 0.345 e. The molecule has 2 rings (SSSR count). The molecular formula is C14H2F4I3O4-. The molecule has 0 aliphatic rings. The van der Waals surface area contributed by atoms with E-state index < -0.39 is 46.5 Å². The Morgan fingerprint density at radius 2 is 1.32 bits per heavy atom. The first kappa shape index (κ1) is 20.6. The van der Waals surface area contributed by atoms with Crippen molar-refractivity contribution < 1.29 is 37.0 Å². The quantitative estimate of drug-likeness (QED) is 0.123. The van der Waals surface area contributed by atoms with Gasteiger partial charge in [0.15, 0.2) is 17.4 Å². The molecule has 132 valence electrons. The molecule has 0 radical (unpaired) electrons. The standard InChI is InChI=1S/C14H3F4I3O4/c15-8-7(13(22)23)12(11(18)10(17)9(8)16)25-14(24)6-4(20)1-3(19)2-5(6)21/h1-2H,(H,22,23)/p-1. The Morgan fingerprint density at radius 1 is 0.840 bits per heavy atom. The molecule has 25 heavy (non-hydrogen) atoms. The summed E-state index contributed by atoms with van der Waals surface area (Å²) in [5.74, 6) is -14.3. The molecule has 0 saturated heterocycles. The molecule has 0 unspecified atom stereocenters. The van der Waals surface area contributed by atoms with Gasteiger partial charge in [-0.25, -0.2) is 18.0 Å². The number of carbonyl (C=O) groups is 2. The van der Waals surface area contributed by atoms with Crippen LogP contribution in [0.3, 0.4) is 0 Å². The molecule has 0 aliphatic heterocycles. The number of rotatable bonds is 3. The Kier molecular flexibility index (Phi) is 6.50. The summed E-state index contributed by atoms with van der Waals surface area (Å²) in [4.78, 5) is 23.2. The minimum absolute atomic E-state index is 0.0737. The average Bonchev–Trinajstić information content (AvgIpc) is 2.49. The van der Waals surface area contributed by atoms with E-state index >= 15 is 0 Å². The third-order valence-electron chi connectivity index (χ3n) is 2.83. The highest BCUT2D eigenvalue weighted by Crippen LogP contribution is 2.32. The van der Waals surface area contributed by atoms with Gasteiger partial charge in [-0.15, -0.1) is 0 Å². The molecule has 0 bridgehead atoms. The van der Waals surface area contributed by atoms with Crippen molar-refractivity contribution in [2.75, 3.05) is 0 Å². The summed E-state index contributed by atoms with van der Waals surface area (Å²) in [6.07, 6.45) is 0. The SMILES string of the molecule is O=C(Oc1c(F)c(F)c(F)c(F)c1C(=O)[O-])c1c(I)cc(I)cc1I. The Morgan fingerprint density at radius 3 is 1.80 bits per heavy atom. The topological polar surface area (TPSA) is 66.4 Å². The van der Waals surface area contributed by atoms with E-state index in [2.05, 4.69) is 4.74 Å². The van der Waals surface area contributed by atoms with Crippen molar-refractivity contribution in [3.05, 3.63) is 57.2 Å². The molecule has 0 fully saturated rings. The maximum absolute atomic E-state index is 13.8. The van der Waals surface area contributed by atoms with E-state index in [1.165, 1.54) is 0 Å². The highest BCUT2D eigenvalue weighted by Gasteiger charge is 2.30. The molecule has 0 aliphatic carbocycles. The van der Waals surface area contributed by atoms with E-state index in [9.17, 15) is 32.3 Å². The first-order chi connectivity index (χ1) is 11.6. The lowest BCUT2D eigenvalue weighted by molar-refractivity contribution is -0.255. The molecular weight excluding hydrogens is 689 g/mol. The number of benzene rings is 2. The van der Waals surface area contributed by atoms with Gasteiger partial charge < -0.3 is 14.6 Å². The van der Waals surface area contributed by atoms with Crippen molar-refractivity contribution in [1.29, 1.82) is 0 Å². The summed E-state index contributed by atoms with van der Waals surface area (Å²) in [6.45, 7) is 0. The van der Waals surface area contributed by atoms with E-state index in [-0.39, 0.29) is 5.56 Å². The van der Waals surface area contributed by atoms with E-state index in [0.717, 1.165) is 3.57 Å². The number of hydrogen-bond acceptors (Lipinski definition) is 4. The molecule has 2 aromatic rings. The number of carboxylic acid groups (broad SMARTS) is 1. The van der Waals surface area contributed by atoms with Gasteiger partial charge >= 0.3 is 5.97 Å². The third kappa shape index (κ3) is 4.01. The second-order valence-corrected chi connectivity index (χ2v) is 7.95. The van der Waals surface area contributed by atoms with Gasteiger partial charge in [0.2, 0.25) is 11.6 Å². The molecule has 0 aromatic heterocycles. The zero-order valence-corrected chi connectivity index (χ0v) is 17.9. The normalized spacial score (nSPS) is 10.7. The van der Waals surface area contributed by atoms with Crippen LogP contribution >= 0.6 is 67.8 Å².